The predicted octanol–water partition coefficient (Wildman–Crippen LogP) is 3.90. The van der Waals surface area contributed by atoms with E-state index in [2.05, 4.69) is 4.90 Å². The van der Waals surface area contributed by atoms with Crippen LogP contribution in [0.2, 0.25) is 0 Å². The standard InChI is InChI=1S/C19H20F3NO/c1-13-17(21)15(11-16(20)18(13)22)19(24)7-9-23(10-8-19)12-14-5-3-2-4-6-14/h2-6,11,24H,7-10,12H2,1H3. The maximum atomic E-state index is 14.3. The van der Waals surface area contributed by atoms with E-state index in [9.17, 15) is 18.3 Å². The minimum atomic E-state index is -1.46. The van der Waals surface area contributed by atoms with E-state index in [0.29, 0.717) is 13.1 Å². The van der Waals surface area contributed by atoms with Gasteiger partial charge in [-0.1, -0.05) is 30.3 Å². The molecule has 1 fully saturated rings. The summed E-state index contributed by atoms with van der Waals surface area (Å²) in [6.45, 7) is 3.05. The highest BCUT2D eigenvalue weighted by Crippen LogP contribution is 2.36. The first-order valence-electron chi connectivity index (χ1n) is 8.04. The lowest BCUT2D eigenvalue weighted by Gasteiger charge is -2.39. The molecule has 1 saturated heterocycles. The number of rotatable bonds is 3. The van der Waals surface area contributed by atoms with Crippen LogP contribution < -0.4 is 0 Å². The van der Waals surface area contributed by atoms with E-state index in [-0.39, 0.29) is 24.0 Å². The number of benzene rings is 2. The smallest absolute Gasteiger partial charge is 0.164 e. The second kappa shape index (κ2) is 6.57. The summed E-state index contributed by atoms with van der Waals surface area (Å²) >= 11 is 0. The van der Waals surface area contributed by atoms with Crippen molar-refractivity contribution < 1.29 is 18.3 Å². The Kier molecular flexibility index (Phi) is 4.65. The number of piperidine rings is 1. The summed E-state index contributed by atoms with van der Waals surface area (Å²) in [7, 11) is 0. The fourth-order valence-corrected chi connectivity index (χ4v) is 3.26. The highest BCUT2D eigenvalue weighted by molar-refractivity contribution is 5.32. The first kappa shape index (κ1) is 17.0. The van der Waals surface area contributed by atoms with Crippen LogP contribution in [0.25, 0.3) is 0 Å². The highest BCUT2D eigenvalue weighted by atomic mass is 19.2. The fourth-order valence-electron chi connectivity index (χ4n) is 3.26. The molecule has 0 bridgehead atoms. The van der Waals surface area contributed by atoms with Crippen LogP contribution in [0.5, 0.6) is 0 Å². The molecule has 0 amide bonds. The molecule has 1 aliphatic heterocycles. The summed E-state index contributed by atoms with van der Waals surface area (Å²) in [6.07, 6.45) is 0.558. The number of aliphatic hydroxyl groups is 1. The molecule has 0 spiro atoms. The van der Waals surface area contributed by atoms with Crippen molar-refractivity contribution in [1.82, 2.24) is 4.90 Å². The minimum Gasteiger partial charge on any atom is -0.385 e. The van der Waals surface area contributed by atoms with Gasteiger partial charge in [-0.3, -0.25) is 4.90 Å². The van der Waals surface area contributed by atoms with Gasteiger partial charge in [0.2, 0.25) is 0 Å². The zero-order chi connectivity index (χ0) is 17.3. The summed E-state index contributed by atoms with van der Waals surface area (Å²) < 4.78 is 41.4. The Balaban J connectivity index is 1.75. The third-order valence-electron chi connectivity index (χ3n) is 4.81. The molecule has 0 saturated carbocycles. The molecule has 24 heavy (non-hydrogen) atoms. The number of nitrogens with zero attached hydrogens (tertiary/aromatic N) is 1. The topological polar surface area (TPSA) is 23.5 Å². The van der Waals surface area contributed by atoms with Crippen LogP contribution >= 0.6 is 0 Å². The van der Waals surface area contributed by atoms with Gasteiger partial charge in [-0.15, -0.1) is 0 Å². The van der Waals surface area contributed by atoms with Gasteiger partial charge >= 0.3 is 0 Å². The highest BCUT2D eigenvalue weighted by Gasteiger charge is 2.37. The maximum absolute atomic E-state index is 14.3. The molecule has 0 aromatic heterocycles. The summed E-state index contributed by atoms with van der Waals surface area (Å²) in [4.78, 5) is 2.16. The number of hydrogen-bond donors (Lipinski definition) is 1. The van der Waals surface area contributed by atoms with Gasteiger partial charge in [0.15, 0.2) is 11.6 Å². The van der Waals surface area contributed by atoms with E-state index in [1.165, 1.54) is 6.92 Å². The minimum absolute atomic E-state index is 0.140. The van der Waals surface area contributed by atoms with Gasteiger partial charge in [0, 0.05) is 30.8 Å². The Morgan fingerprint density at radius 1 is 1.04 bits per heavy atom. The third-order valence-corrected chi connectivity index (χ3v) is 4.81. The Hall–Kier alpha value is -1.85. The van der Waals surface area contributed by atoms with Gasteiger partial charge in [-0.2, -0.15) is 0 Å². The maximum Gasteiger partial charge on any atom is 0.164 e. The van der Waals surface area contributed by atoms with Gasteiger partial charge in [0.05, 0.1) is 5.60 Å². The van der Waals surface area contributed by atoms with Crippen LogP contribution in [0.3, 0.4) is 0 Å². The van der Waals surface area contributed by atoms with Crippen molar-refractivity contribution in [3.63, 3.8) is 0 Å². The van der Waals surface area contributed by atoms with Gasteiger partial charge in [-0.25, -0.2) is 13.2 Å². The SMILES string of the molecule is Cc1c(F)c(F)cc(C2(O)CCN(Cc3ccccc3)CC2)c1F. The van der Waals surface area contributed by atoms with E-state index < -0.39 is 23.1 Å². The first-order chi connectivity index (χ1) is 11.4. The van der Waals surface area contributed by atoms with E-state index in [1.54, 1.807) is 0 Å². The van der Waals surface area contributed by atoms with Crippen LogP contribution in [-0.4, -0.2) is 23.1 Å². The molecule has 5 heteroatoms. The molecule has 3 rings (SSSR count). The van der Waals surface area contributed by atoms with Crippen molar-refractivity contribution >= 4 is 0 Å². The fraction of sp³-hybridized carbons (Fsp3) is 0.368. The second-order valence-corrected chi connectivity index (χ2v) is 6.45. The van der Waals surface area contributed by atoms with Crippen molar-refractivity contribution in [3.05, 3.63) is 70.5 Å². The van der Waals surface area contributed by atoms with Crippen molar-refractivity contribution in [2.24, 2.45) is 0 Å². The monoisotopic (exact) mass is 335 g/mol. The van der Waals surface area contributed by atoms with Crippen LogP contribution in [0.4, 0.5) is 13.2 Å². The summed E-state index contributed by atoms with van der Waals surface area (Å²) in [5.74, 6) is -3.17. The molecule has 0 atom stereocenters. The Bertz CT molecular complexity index is 725. The molecular formula is C19H20F3NO. The number of hydrogen-bond acceptors (Lipinski definition) is 2. The molecule has 1 N–H and O–H groups in total. The van der Waals surface area contributed by atoms with Crippen molar-refractivity contribution in [2.45, 2.75) is 31.9 Å². The summed E-state index contributed by atoms with van der Waals surface area (Å²) in [6, 6.07) is 10.7. The number of halogens is 3. The average molecular weight is 335 g/mol. The molecule has 2 aromatic carbocycles. The lowest BCUT2D eigenvalue weighted by Crippen LogP contribution is -2.42. The summed E-state index contributed by atoms with van der Waals surface area (Å²) in [5.41, 5.74) is -0.822. The third kappa shape index (κ3) is 3.19. The zero-order valence-electron chi connectivity index (χ0n) is 13.5. The van der Waals surface area contributed by atoms with Crippen LogP contribution in [0.15, 0.2) is 36.4 Å². The second-order valence-electron chi connectivity index (χ2n) is 6.45. The predicted molar refractivity (Wildman–Crippen MR) is 85.9 cm³/mol. The molecule has 0 unspecified atom stereocenters. The van der Waals surface area contributed by atoms with Crippen LogP contribution in [0.1, 0.15) is 29.5 Å². The van der Waals surface area contributed by atoms with Crippen molar-refractivity contribution in [3.8, 4) is 0 Å². The van der Waals surface area contributed by atoms with Gasteiger partial charge < -0.3 is 5.11 Å². The molecule has 0 aliphatic carbocycles. The van der Waals surface area contributed by atoms with Crippen molar-refractivity contribution in [2.75, 3.05) is 13.1 Å². The number of likely N-dealkylation sites (tertiary alicyclic amines) is 1. The van der Waals surface area contributed by atoms with Gasteiger partial charge in [-0.05, 0) is 31.4 Å². The average Bonchev–Trinajstić information content (AvgIpc) is 2.59. The van der Waals surface area contributed by atoms with Crippen LogP contribution in [0, 0.1) is 24.4 Å². The lowest BCUT2D eigenvalue weighted by molar-refractivity contribution is -0.0306. The molecule has 1 aliphatic rings. The summed E-state index contributed by atoms with van der Waals surface area (Å²) in [5, 5.41) is 10.8. The Morgan fingerprint density at radius 3 is 2.29 bits per heavy atom. The van der Waals surface area contributed by atoms with Gasteiger partial charge in [0.1, 0.15) is 5.82 Å². The van der Waals surface area contributed by atoms with Gasteiger partial charge in [0.25, 0.3) is 0 Å². The largest absolute Gasteiger partial charge is 0.385 e. The zero-order valence-corrected chi connectivity index (χ0v) is 13.5. The van der Waals surface area contributed by atoms with Crippen molar-refractivity contribution in [1.29, 1.82) is 0 Å². The Morgan fingerprint density at radius 2 is 1.67 bits per heavy atom. The lowest BCUT2D eigenvalue weighted by atomic mass is 9.83. The molecule has 2 aromatic rings. The van der Waals surface area contributed by atoms with E-state index in [1.807, 2.05) is 30.3 Å². The van der Waals surface area contributed by atoms with E-state index >= 15 is 0 Å². The van der Waals surface area contributed by atoms with E-state index in [4.69, 9.17) is 0 Å². The molecular weight excluding hydrogens is 315 g/mol. The van der Waals surface area contributed by atoms with E-state index in [0.717, 1.165) is 18.2 Å². The molecule has 1 heterocycles. The first-order valence-corrected chi connectivity index (χ1v) is 8.04. The normalized spacial score (nSPS) is 17.9. The Labute approximate surface area is 139 Å². The molecule has 2 nitrogen and oxygen atoms in total. The van der Waals surface area contributed by atoms with Crippen LogP contribution in [-0.2, 0) is 12.1 Å². The molecule has 128 valence electrons. The molecule has 0 radical (unpaired) electrons. The quantitative estimate of drug-likeness (QED) is 0.860.